The van der Waals surface area contributed by atoms with E-state index < -0.39 is 0 Å². The summed E-state index contributed by atoms with van der Waals surface area (Å²) in [6.45, 7) is 9.24. The van der Waals surface area contributed by atoms with E-state index in [1.807, 2.05) is 34.9 Å². The summed E-state index contributed by atoms with van der Waals surface area (Å²) in [5, 5.41) is 3.55. The summed E-state index contributed by atoms with van der Waals surface area (Å²) < 4.78 is 0. The zero-order valence-corrected chi connectivity index (χ0v) is 18.9. The molecule has 1 saturated heterocycles. The molecule has 0 aliphatic carbocycles. The number of carbonyl (C=O) groups is 2. The fourth-order valence-electron chi connectivity index (χ4n) is 3.48. The van der Waals surface area contributed by atoms with E-state index in [0.29, 0.717) is 11.7 Å². The fraction of sp³-hybridized carbons (Fsp3) is 0.500. The number of anilines is 1. The van der Waals surface area contributed by atoms with E-state index >= 15 is 0 Å². The van der Waals surface area contributed by atoms with Crippen LogP contribution in [0.5, 0.6) is 0 Å². The maximum atomic E-state index is 12.8. The zero-order valence-electron chi connectivity index (χ0n) is 18.1. The zero-order chi connectivity index (χ0) is 21.3. The summed E-state index contributed by atoms with van der Waals surface area (Å²) in [6, 6.07) is 8.26. The number of nitrogens with one attached hydrogen (secondary N) is 1. The molecule has 2 amide bonds. The minimum Gasteiger partial charge on any atom is -0.337 e. The molecule has 29 heavy (non-hydrogen) atoms. The van der Waals surface area contributed by atoms with E-state index in [-0.39, 0.29) is 29.7 Å². The summed E-state index contributed by atoms with van der Waals surface area (Å²) >= 11 is 1.50. The molecule has 0 spiro atoms. The number of aryl methyl sites for hydroxylation is 1. The minimum atomic E-state index is -0.342. The molecule has 1 aromatic heterocycles. The van der Waals surface area contributed by atoms with Gasteiger partial charge in [-0.15, -0.1) is 0 Å². The Morgan fingerprint density at radius 2 is 1.93 bits per heavy atom. The van der Waals surface area contributed by atoms with Crippen LogP contribution in [0.4, 0.5) is 5.13 Å². The van der Waals surface area contributed by atoms with Crippen LogP contribution in [-0.4, -0.2) is 52.8 Å². The molecule has 0 unspecified atom stereocenters. The van der Waals surface area contributed by atoms with Gasteiger partial charge in [0.15, 0.2) is 5.13 Å². The smallest absolute Gasteiger partial charge is 0.231 e. The van der Waals surface area contributed by atoms with Crippen molar-refractivity contribution in [3.63, 3.8) is 0 Å². The predicted molar refractivity (Wildman–Crippen MR) is 118 cm³/mol. The molecule has 2 aromatic rings. The highest BCUT2D eigenvalue weighted by atomic mass is 32.1. The molecular weight excluding hydrogens is 384 g/mol. The van der Waals surface area contributed by atoms with Crippen LogP contribution in [0.1, 0.15) is 37.6 Å². The number of hydrogen-bond acceptors (Lipinski definition) is 5. The molecule has 1 N–H and O–H groups in total. The monoisotopic (exact) mass is 414 g/mol. The normalized spacial score (nSPS) is 17.3. The summed E-state index contributed by atoms with van der Waals surface area (Å²) in [7, 11) is 4.03. The van der Waals surface area contributed by atoms with Crippen LogP contribution in [0.2, 0.25) is 0 Å². The Morgan fingerprint density at radius 1 is 1.28 bits per heavy atom. The molecule has 6 nitrogen and oxygen atoms in total. The number of amides is 2. The number of nitrogens with zero attached hydrogens (tertiary/aromatic N) is 3. The van der Waals surface area contributed by atoms with Gasteiger partial charge in [-0.05, 0) is 41.8 Å². The number of aromatic nitrogens is 1. The van der Waals surface area contributed by atoms with Gasteiger partial charge in [0.05, 0.1) is 11.6 Å². The second-order valence-corrected chi connectivity index (χ2v) is 10.0. The molecule has 1 aliphatic rings. The van der Waals surface area contributed by atoms with E-state index in [1.54, 1.807) is 4.90 Å². The van der Waals surface area contributed by atoms with Gasteiger partial charge in [-0.3, -0.25) is 9.59 Å². The Morgan fingerprint density at radius 3 is 2.48 bits per heavy atom. The topological polar surface area (TPSA) is 65.5 Å². The lowest BCUT2D eigenvalue weighted by Crippen LogP contribution is -2.42. The minimum absolute atomic E-state index is 0.0328. The van der Waals surface area contributed by atoms with Gasteiger partial charge in [-0.2, -0.15) is 0 Å². The lowest BCUT2D eigenvalue weighted by atomic mass is 10.1. The highest BCUT2D eigenvalue weighted by Crippen LogP contribution is 2.33. The van der Waals surface area contributed by atoms with E-state index in [4.69, 9.17) is 4.98 Å². The molecule has 1 aromatic carbocycles. The van der Waals surface area contributed by atoms with E-state index in [9.17, 15) is 9.59 Å². The fourth-order valence-corrected chi connectivity index (χ4v) is 4.58. The third-order valence-corrected chi connectivity index (χ3v) is 5.97. The first kappa shape index (κ1) is 21.5. The Balaban J connectivity index is 1.80. The van der Waals surface area contributed by atoms with Crippen LogP contribution < -0.4 is 5.32 Å². The third kappa shape index (κ3) is 5.03. The van der Waals surface area contributed by atoms with Crippen molar-refractivity contribution in [3.05, 3.63) is 34.7 Å². The Hall–Kier alpha value is -2.25. The second kappa shape index (κ2) is 8.24. The van der Waals surface area contributed by atoms with Gasteiger partial charge in [0.2, 0.25) is 11.8 Å². The maximum Gasteiger partial charge on any atom is 0.231 e. The van der Waals surface area contributed by atoms with Crippen molar-refractivity contribution in [1.29, 1.82) is 0 Å². The van der Waals surface area contributed by atoms with E-state index in [0.717, 1.165) is 22.7 Å². The molecule has 1 fully saturated rings. The van der Waals surface area contributed by atoms with Crippen LogP contribution in [0, 0.1) is 12.8 Å². The second-order valence-electron chi connectivity index (χ2n) is 8.96. The standard InChI is InChI=1S/C22H30N4O2S/c1-14-7-9-15(10-8-14)19-17(13-25(5)6)29-21(23-19)24-20(28)16-11-18(27)26(12-16)22(2,3)4/h7-10,16H,11-13H2,1-6H3,(H,23,24,28)/t16-/m0/s1. The molecular formula is C22H30N4O2S. The van der Waals surface area contributed by atoms with Crippen LogP contribution in [-0.2, 0) is 16.1 Å². The van der Waals surface area contributed by atoms with E-state index in [1.165, 1.54) is 16.9 Å². The first-order chi connectivity index (χ1) is 13.5. The summed E-state index contributed by atoms with van der Waals surface area (Å²) in [5.41, 5.74) is 2.86. The SMILES string of the molecule is Cc1ccc(-c2nc(NC(=O)[C@H]3CC(=O)N(C(C)(C)C)C3)sc2CN(C)C)cc1. The molecule has 156 valence electrons. The van der Waals surface area contributed by atoms with Gasteiger partial charge in [0.25, 0.3) is 0 Å². The van der Waals surface area contributed by atoms with Gasteiger partial charge in [-0.25, -0.2) is 4.98 Å². The number of likely N-dealkylation sites (tertiary alicyclic amines) is 1. The van der Waals surface area contributed by atoms with Crippen molar-refractivity contribution in [3.8, 4) is 11.3 Å². The van der Waals surface area contributed by atoms with Gasteiger partial charge in [0, 0.05) is 35.5 Å². The largest absolute Gasteiger partial charge is 0.337 e. The molecule has 7 heteroatoms. The molecule has 1 atom stereocenters. The van der Waals surface area contributed by atoms with Crippen molar-refractivity contribution in [2.75, 3.05) is 26.0 Å². The molecule has 2 heterocycles. The Kier molecular flexibility index (Phi) is 6.10. The molecule has 0 bridgehead atoms. The summed E-state index contributed by atoms with van der Waals surface area (Å²) in [6.07, 6.45) is 0.254. The van der Waals surface area contributed by atoms with Crippen LogP contribution >= 0.6 is 11.3 Å². The van der Waals surface area contributed by atoms with Gasteiger partial charge in [-0.1, -0.05) is 41.2 Å². The van der Waals surface area contributed by atoms with Crippen molar-refractivity contribution >= 4 is 28.3 Å². The van der Waals surface area contributed by atoms with Crippen LogP contribution in [0.3, 0.4) is 0 Å². The van der Waals surface area contributed by atoms with Crippen LogP contribution in [0.15, 0.2) is 24.3 Å². The summed E-state index contributed by atoms with van der Waals surface area (Å²) in [4.78, 5) is 34.8. The number of hydrogen-bond donors (Lipinski definition) is 1. The lowest BCUT2D eigenvalue weighted by Gasteiger charge is -2.31. The average Bonchev–Trinajstić information content (AvgIpc) is 3.18. The predicted octanol–water partition coefficient (Wildman–Crippen LogP) is 3.77. The number of benzene rings is 1. The first-order valence-corrected chi connectivity index (χ1v) is 10.7. The van der Waals surface area contributed by atoms with Crippen molar-refractivity contribution < 1.29 is 9.59 Å². The van der Waals surface area contributed by atoms with Crippen molar-refractivity contribution in [2.45, 2.75) is 46.2 Å². The number of thiazole rings is 1. The van der Waals surface area contributed by atoms with Gasteiger partial charge >= 0.3 is 0 Å². The van der Waals surface area contributed by atoms with E-state index in [2.05, 4.69) is 41.4 Å². The average molecular weight is 415 g/mol. The molecule has 1 aliphatic heterocycles. The Bertz CT molecular complexity index is 897. The van der Waals surface area contributed by atoms with Crippen molar-refractivity contribution in [1.82, 2.24) is 14.8 Å². The van der Waals surface area contributed by atoms with Crippen LogP contribution in [0.25, 0.3) is 11.3 Å². The quantitative estimate of drug-likeness (QED) is 0.809. The first-order valence-electron chi connectivity index (χ1n) is 9.87. The lowest BCUT2D eigenvalue weighted by molar-refractivity contribution is -0.131. The maximum absolute atomic E-state index is 12.8. The van der Waals surface area contributed by atoms with Gasteiger partial charge in [0.1, 0.15) is 0 Å². The molecule has 0 saturated carbocycles. The molecule has 0 radical (unpaired) electrons. The number of carbonyl (C=O) groups excluding carboxylic acids is 2. The summed E-state index contributed by atoms with van der Waals surface area (Å²) in [5.74, 6) is -0.443. The highest BCUT2D eigenvalue weighted by Gasteiger charge is 2.39. The third-order valence-electron chi connectivity index (χ3n) is 5.02. The Labute approximate surface area is 176 Å². The van der Waals surface area contributed by atoms with Crippen molar-refractivity contribution in [2.24, 2.45) is 5.92 Å². The highest BCUT2D eigenvalue weighted by molar-refractivity contribution is 7.16. The number of rotatable bonds is 5. The van der Waals surface area contributed by atoms with Gasteiger partial charge < -0.3 is 15.1 Å². The molecule has 3 rings (SSSR count).